The van der Waals surface area contributed by atoms with Crippen LogP contribution in [-0.4, -0.2) is 59.2 Å². The molecule has 208 valence electrons. The van der Waals surface area contributed by atoms with Crippen LogP contribution in [0.1, 0.15) is 34.6 Å². The fourth-order valence-corrected chi connectivity index (χ4v) is 4.49. The van der Waals surface area contributed by atoms with Gasteiger partial charge in [-0.05, 0) is 79.9 Å². The molecular formula is C28H34FN5O4S. The minimum Gasteiger partial charge on any atom is -0.465 e. The smallest absolute Gasteiger partial charge is 0.337 e. The third-order valence-electron chi connectivity index (χ3n) is 6.70. The van der Waals surface area contributed by atoms with Crippen LogP contribution in [0, 0.1) is 11.7 Å². The van der Waals surface area contributed by atoms with Gasteiger partial charge in [0.1, 0.15) is 18.2 Å². The number of nitrogens with zero attached hydrogens (tertiary/aromatic N) is 4. The number of carbonyl (C=O) groups is 1. The van der Waals surface area contributed by atoms with Crippen molar-refractivity contribution >= 4 is 35.3 Å². The van der Waals surface area contributed by atoms with Crippen molar-refractivity contribution in [1.29, 1.82) is 0 Å². The van der Waals surface area contributed by atoms with E-state index < -0.39 is 0 Å². The quantitative estimate of drug-likeness (QED) is 0.189. The lowest BCUT2D eigenvalue weighted by Gasteiger charge is -2.31. The number of ether oxygens (including phenoxy) is 1. The Morgan fingerprint density at radius 2 is 1.95 bits per heavy atom. The predicted octanol–water partition coefficient (Wildman–Crippen LogP) is 4.42. The molecule has 9 nitrogen and oxygen atoms in total. The molecule has 0 radical (unpaired) electrons. The van der Waals surface area contributed by atoms with Gasteiger partial charge in [-0.25, -0.2) is 14.2 Å². The molecule has 0 amide bonds. The minimum absolute atomic E-state index is 0.273. The van der Waals surface area contributed by atoms with Crippen LogP contribution in [-0.2, 0) is 34.0 Å². The molecular weight excluding hydrogens is 521 g/mol. The number of allylic oxidation sites excluding steroid dienone is 2. The van der Waals surface area contributed by atoms with Gasteiger partial charge in [0.25, 0.3) is 0 Å². The zero-order valence-electron chi connectivity index (χ0n) is 22.2. The predicted molar refractivity (Wildman–Crippen MR) is 150 cm³/mol. The number of hydrogen-bond donors (Lipinski definition) is 1. The maximum Gasteiger partial charge on any atom is 0.337 e. The lowest BCUT2D eigenvalue weighted by atomic mass is 9.93. The number of piperidine rings is 1. The van der Waals surface area contributed by atoms with E-state index in [2.05, 4.69) is 14.2 Å². The number of benzene rings is 2. The fraction of sp³-hybridized carbons (Fsp3) is 0.393. The van der Waals surface area contributed by atoms with E-state index in [4.69, 9.17) is 20.3 Å². The minimum atomic E-state index is -0.355. The number of carbonyl (C=O) groups excluding carboxylic acids is 1. The Morgan fingerprint density at radius 3 is 2.59 bits per heavy atom. The molecule has 0 atom stereocenters. The Morgan fingerprint density at radius 1 is 1.26 bits per heavy atom. The SMILES string of the molecule is C1CSO1.COC(=O)c1ccc2nc(CN3CCC(/C(N)=C/C=N/OCc4ccc(F)cc4)CC3)n(C)c2c1. The Labute approximate surface area is 232 Å². The first-order chi connectivity index (χ1) is 18.9. The third-order valence-corrected chi connectivity index (χ3v) is 7.37. The summed E-state index contributed by atoms with van der Waals surface area (Å²) in [5.74, 6) is 1.81. The van der Waals surface area contributed by atoms with Crippen molar-refractivity contribution in [2.75, 3.05) is 32.6 Å². The van der Waals surface area contributed by atoms with Gasteiger partial charge in [-0.15, -0.1) is 0 Å². The number of halogens is 1. The molecule has 2 aromatic carbocycles. The number of methoxy groups -OCH3 is 1. The molecule has 39 heavy (non-hydrogen) atoms. The average Bonchev–Trinajstić information content (AvgIpc) is 3.22. The molecule has 3 aromatic rings. The Kier molecular flexibility index (Phi) is 10.3. The van der Waals surface area contributed by atoms with E-state index in [9.17, 15) is 9.18 Å². The monoisotopic (exact) mass is 555 g/mol. The normalized spacial score (nSPS) is 16.5. The van der Waals surface area contributed by atoms with Gasteiger partial charge in [-0.1, -0.05) is 17.3 Å². The highest BCUT2D eigenvalue weighted by Crippen LogP contribution is 2.24. The van der Waals surface area contributed by atoms with Crippen LogP contribution in [0.25, 0.3) is 11.0 Å². The number of esters is 1. The zero-order valence-corrected chi connectivity index (χ0v) is 23.0. The van der Waals surface area contributed by atoms with Crippen LogP contribution >= 0.6 is 12.0 Å². The summed E-state index contributed by atoms with van der Waals surface area (Å²) in [5, 5.41) is 3.92. The average molecular weight is 556 g/mol. The molecule has 0 bridgehead atoms. The van der Waals surface area contributed by atoms with E-state index in [1.165, 1.54) is 37.0 Å². The van der Waals surface area contributed by atoms with Gasteiger partial charge in [-0.3, -0.25) is 4.90 Å². The second-order valence-electron chi connectivity index (χ2n) is 9.30. The summed E-state index contributed by atoms with van der Waals surface area (Å²) in [4.78, 5) is 24.2. The molecule has 2 fully saturated rings. The van der Waals surface area contributed by atoms with Gasteiger partial charge in [0.2, 0.25) is 0 Å². The van der Waals surface area contributed by atoms with Crippen LogP contribution in [0.5, 0.6) is 0 Å². The number of aryl methyl sites for hydroxylation is 1. The molecule has 2 aliphatic heterocycles. The number of fused-ring (bicyclic) bond motifs is 1. The van der Waals surface area contributed by atoms with Crippen LogP contribution in [0.2, 0.25) is 0 Å². The first-order valence-corrected chi connectivity index (χ1v) is 13.7. The summed E-state index contributed by atoms with van der Waals surface area (Å²) in [6.07, 6.45) is 5.24. The Bertz CT molecular complexity index is 1300. The van der Waals surface area contributed by atoms with Crippen LogP contribution < -0.4 is 5.73 Å². The zero-order chi connectivity index (χ0) is 27.6. The summed E-state index contributed by atoms with van der Waals surface area (Å²) >= 11 is 1.54. The molecule has 0 unspecified atom stereocenters. The fourth-order valence-electron chi connectivity index (χ4n) is 4.32. The van der Waals surface area contributed by atoms with Gasteiger partial charge >= 0.3 is 5.97 Å². The molecule has 0 aliphatic carbocycles. The number of aromatic nitrogens is 2. The van der Waals surface area contributed by atoms with E-state index in [1.54, 1.807) is 30.5 Å². The standard InChI is InChI=1S/C26H30FN5O3.C2H4OS/c1-31-24-15-20(26(33)34-2)5-8-23(24)30-25(31)16-32-13-10-19(11-14-32)22(28)9-12-29-35-17-18-3-6-21(27)7-4-18;1-2-4-3-1/h3-9,12,15,19H,10-11,13-14,16-17,28H2,1-2H3;1-2H2/b22-9-,29-12+;. The number of oxime groups is 1. The van der Waals surface area contributed by atoms with Crippen LogP contribution in [0.4, 0.5) is 4.39 Å². The van der Waals surface area contributed by atoms with Gasteiger partial charge in [0, 0.05) is 24.4 Å². The van der Waals surface area contributed by atoms with Crippen LogP contribution in [0.3, 0.4) is 0 Å². The van der Waals surface area contributed by atoms with Crippen molar-refractivity contribution < 1.29 is 22.9 Å². The summed E-state index contributed by atoms with van der Waals surface area (Å²) in [6.45, 7) is 3.79. The lowest BCUT2D eigenvalue weighted by Crippen LogP contribution is -2.35. The molecule has 2 saturated heterocycles. The summed E-state index contributed by atoms with van der Waals surface area (Å²) < 4.78 is 24.4. The number of hydrogen-bond acceptors (Lipinski definition) is 9. The second kappa shape index (κ2) is 14.1. The second-order valence-corrected chi connectivity index (χ2v) is 10.2. The molecule has 0 saturated carbocycles. The van der Waals surface area contributed by atoms with Crippen molar-refractivity contribution in [3.05, 3.63) is 77.0 Å². The number of imidazole rings is 1. The summed E-state index contributed by atoms with van der Waals surface area (Å²) in [7, 11) is 3.35. The number of rotatable bonds is 8. The molecule has 2 N–H and O–H groups in total. The van der Waals surface area contributed by atoms with E-state index in [0.29, 0.717) is 5.56 Å². The molecule has 5 rings (SSSR count). The van der Waals surface area contributed by atoms with Gasteiger partial charge in [-0.2, -0.15) is 0 Å². The lowest BCUT2D eigenvalue weighted by molar-refractivity contribution is 0.0601. The maximum absolute atomic E-state index is 12.9. The highest BCUT2D eigenvalue weighted by Gasteiger charge is 2.22. The molecule has 11 heteroatoms. The number of likely N-dealkylation sites (tertiary alicyclic amines) is 1. The van der Waals surface area contributed by atoms with Crippen molar-refractivity contribution in [1.82, 2.24) is 14.5 Å². The maximum atomic E-state index is 12.9. The van der Waals surface area contributed by atoms with Crippen molar-refractivity contribution in [2.24, 2.45) is 23.9 Å². The van der Waals surface area contributed by atoms with E-state index in [0.717, 1.165) is 67.2 Å². The van der Waals surface area contributed by atoms with Crippen molar-refractivity contribution in [3.63, 3.8) is 0 Å². The molecule has 1 aromatic heterocycles. The topological polar surface area (TPSA) is 104 Å². The summed E-state index contributed by atoms with van der Waals surface area (Å²) in [6, 6.07) is 11.5. The highest BCUT2D eigenvalue weighted by molar-refractivity contribution is 7.95. The van der Waals surface area contributed by atoms with Crippen LogP contribution in [0.15, 0.2) is 59.4 Å². The van der Waals surface area contributed by atoms with E-state index >= 15 is 0 Å². The van der Waals surface area contributed by atoms with E-state index in [-0.39, 0.29) is 24.3 Å². The van der Waals surface area contributed by atoms with Gasteiger partial charge < -0.3 is 24.1 Å². The largest absolute Gasteiger partial charge is 0.465 e. The number of nitrogens with two attached hydrogens (primary N) is 1. The van der Waals surface area contributed by atoms with Crippen molar-refractivity contribution in [2.45, 2.75) is 26.0 Å². The molecule has 0 spiro atoms. The third kappa shape index (κ3) is 8.04. The Balaban J connectivity index is 0.000000808. The van der Waals surface area contributed by atoms with E-state index in [1.807, 2.05) is 23.7 Å². The van der Waals surface area contributed by atoms with Gasteiger partial charge in [0.05, 0.1) is 43.1 Å². The molecule has 2 aliphatic rings. The first kappa shape index (κ1) is 28.6. The Hall–Kier alpha value is -3.41. The highest BCUT2D eigenvalue weighted by atomic mass is 32.2. The van der Waals surface area contributed by atoms with Crippen molar-refractivity contribution in [3.8, 4) is 0 Å². The first-order valence-electron chi connectivity index (χ1n) is 12.8. The van der Waals surface area contributed by atoms with Gasteiger partial charge in [0.15, 0.2) is 0 Å². The molecule has 3 heterocycles. The summed E-state index contributed by atoms with van der Waals surface area (Å²) in [5.41, 5.74) is 10.2.